The zero-order valence-corrected chi connectivity index (χ0v) is 32.4. The van der Waals surface area contributed by atoms with Crippen LogP contribution in [-0.4, -0.2) is 8.72 Å². The fraction of sp³-hybridized carbons (Fsp3) is 0. The molecule has 5 heteroatoms. The first-order chi connectivity index (χ1) is 28.4. The zero-order valence-electron chi connectivity index (χ0n) is 31.4. The van der Waals surface area contributed by atoms with Crippen LogP contribution in [0.4, 0.5) is 22.7 Å². The number of anilines is 4. The molecule has 0 fully saturated rings. The van der Waals surface area contributed by atoms with Crippen LogP contribution in [0.2, 0.25) is 0 Å². The highest BCUT2D eigenvalue weighted by molar-refractivity contribution is 7.01. The average Bonchev–Trinajstić information content (AvgIpc) is 3.79. The lowest BCUT2D eigenvalue weighted by molar-refractivity contribution is 1.17. The van der Waals surface area contributed by atoms with Crippen molar-refractivity contribution >= 4 is 54.3 Å². The molecule has 0 radical (unpaired) electrons. The second-order valence-electron chi connectivity index (χ2n) is 14.1. The highest BCUT2D eigenvalue weighted by atomic mass is 28.4. The molecular formula is C52H40N4Si. The number of rotatable bonds is 8. The smallest absolute Gasteiger partial charge is 0.313 e. The van der Waals surface area contributed by atoms with Crippen molar-refractivity contribution in [2.24, 2.45) is 0 Å². The van der Waals surface area contributed by atoms with Crippen molar-refractivity contribution < 1.29 is 0 Å². The van der Waals surface area contributed by atoms with Gasteiger partial charge >= 0.3 is 8.72 Å². The molecule has 0 amide bonds. The van der Waals surface area contributed by atoms with Crippen molar-refractivity contribution in [1.29, 1.82) is 0 Å². The highest BCUT2D eigenvalue weighted by Gasteiger charge is 2.71. The van der Waals surface area contributed by atoms with Gasteiger partial charge in [0.25, 0.3) is 0 Å². The number of para-hydroxylation sites is 4. The Hall–Kier alpha value is -7.34. The van der Waals surface area contributed by atoms with Gasteiger partial charge in [0.15, 0.2) is 0 Å². The van der Waals surface area contributed by atoms with Crippen molar-refractivity contribution in [3.63, 3.8) is 0 Å². The molecule has 2 aliphatic heterocycles. The number of hydrogen-bond acceptors (Lipinski definition) is 4. The van der Waals surface area contributed by atoms with Crippen molar-refractivity contribution in [2.75, 3.05) is 18.3 Å². The maximum absolute atomic E-state index is 3.75. The summed E-state index contributed by atoms with van der Waals surface area (Å²) in [4.78, 5) is 0. The SMILES string of the molecule is c1ccc(C2=C(c3ccccc3)N(c3ccccc3)[Si]3(N2c2ccccc2)N(c2ccccc2)C(c2ccccc2)=C(c2ccccc2)N3c2ccccc2)cc1. The molecule has 0 saturated heterocycles. The summed E-state index contributed by atoms with van der Waals surface area (Å²) < 4.78 is 10.9. The third-order valence-corrected chi connectivity index (χ3v) is 15.1. The van der Waals surface area contributed by atoms with Crippen LogP contribution in [0.5, 0.6) is 0 Å². The topological polar surface area (TPSA) is 13.0 Å². The van der Waals surface area contributed by atoms with Gasteiger partial charge in [-0.1, -0.05) is 194 Å². The molecule has 0 unspecified atom stereocenters. The van der Waals surface area contributed by atoms with Crippen LogP contribution < -0.4 is 18.3 Å². The summed E-state index contributed by atoms with van der Waals surface area (Å²) in [5.74, 6) is 0. The Morgan fingerprint density at radius 2 is 0.351 bits per heavy atom. The Kier molecular flexibility index (Phi) is 8.82. The molecule has 57 heavy (non-hydrogen) atoms. The minimum atomic E-state index is -3.75. The molecule has 0 aromatic heterocycles. The standard InChI is InChI=1S/C52H40N4Si/c1-9-25-41(26-10-1)49-50(42-27-11-2-12-28-42)54(46-35-19-6-20-36-46)57(53(49)45-33-17-5-18-34-45)55(47-37-21-7-22-38-47)51(43-29-13-3-14-30-43)52(44-31-15-4-16-32-44)56(57)48-39-23-8-24-40-48/h1-40H. The number of benzene rings is 8. The molecule has 10 rings (SSSR count). The van der Waals surface area contributed by atoms with E-state index in [1.807, 2.05) is 0 Å². The first kappa shape index (κ1) is 34.2. The first-order valence-electron chi connectivity index (χ1n) is 19.5. The summed E-state index contributed by atoms with van der Waals surface area (Å²) in [6.45, 7) is 0. The van der Waals surface area contributed by atoms with Gasteiger partial charge in [-0.2, -0.15) is 0 Å². The normalized spacial score (nSPS) is 14.9. The maximum Gasteiger partial charge on any atom is 0.522 e. The molecule has 272 valence electrons. The minimum absolute atomic E-state index is 1.11. The van der Waals surface area contributed by atoms with Crippen molar-refractivity contribution in [1.82, 2.24) is 0 Å². The Bertz CT molecular complexity index is 2280. The second-order valence-corrected chi connectivity index (χ2v) is 17.1. The summed E-state index contributed by atoms with van der Waals surface area (Å²) in [7, 11) is -3.75. The van der Waals surface area contributed by atoms with E-state index in [1.54, 1.807) is 0 Å². The predicted octanol–water partition coefficient (Wildman–Crippen LogP) is 12.5. The van der Waals surface area contributed by atoms with E-state index < -0.39 is 8.72 Å². The van der Waals surface area contributed by atoms with Gasteiger partial charge < -0.3 is 18.3 Å². The van der Waals surface area contributed by atoms with Gasteiger partial charge in [-0.3, -0.25) is 0 Å². The van der Waals surface area contributed by atoms with Gasteiger partial charge in [0.1, 0.15) is 0 Å². The molecule has 8 aromatic carbocycles. The molecular weight excluding hydrogens is 709 g/mol. The number of hydrogen-bond donors (Lipinski definition) is 0. The van der Waals surface area contributed by atoms with Gasteiger partial charge in [-0.15, -0.1) is 0 Å². The van der Waals surface area contributed by atoms with Crippen molar-refractivity contribution in [3.8, 4) is 0 Å². The Balaban J connectivity index is 1.47. The Morgan fingerprint density at radius 3 is 0.526 bits per heavy atom. The molecule has 0 atom stereocenters. The van der Waals surface area contributed by atoms with Crippen LogP contribution in [-0.2, 0) is 0 Å². The van der Waals surface area contributed by atoms with E-state index in [9.17, 15) is 0 Å². The summed E-state index contributed by atoms with van der Waals surface area (Å²) in [5.41, 5.74) is 13.6. The molecule has 1 spiro atoms. The predicted molar refractivity (Wildman–Crippen MR) is 241 cm³/mol. The van der Waals surface area contributed by atoms with Crippen LogP contribution in [0.15, 0.2) is 243 Å². The van der Waals surface area contributed by atoms with Gasteiger partial charge in [0, 0.05) is 22.7 Å². The lowest BCUT2D eigenvalue weighted by Crippen LogP contribution is -2.78. The molecule has 8 aromatic rings. The second kappa shape index (κ2) is 14.7. The average molecular weight is 749 g/mol. The van der Waals surface area contributed by atoms with E-state index >= 15 is 0 Å². The quantitative estimate of drug-likeness (QED) is 0.143. The molecule has 2 aliphatic rings. The molecule has 0 saturated carbocycles. The molecule has 4 nitrogen and oxygen atoms in total. The summed E-state index contributed by atoms with van der Waals surface area (Å²) in [5, 5.41) is 0. The fourth-order valence-electron chi connectivity index (χ4n) is 8.59. The van der Waals surface area contributed by atoms with E-state index in [2.05, 4.69) is 261 Å². The Morgan fingerprint density at radius 1 is 0.193 bits per heavy atom. The third kappa shape index (κ3) is 5.67. The van der Waals surface area contributed by atoms with E-state index in [4.69, 9.17) is 0 Å². The maximum atomic E-state index is 2.72. The monoisotopic (exact) mass is 748 g/mol. The van der Waals surface area contributed by atoms with E-state index in [0.29, 0.717) is 0 Å². The van der Waals surface area contributed by atoms with Gasteiger partial charge in [-0.05, 0) is 70.8 Å². The lowest BCUT2D eigenvalue weighted by Gasteiger charge is -2.51. The summed E-state index contributed by atoms with van der Waals surface area (Å²) >= 11 is 0. The van der Waals surface area contributed by atoms with Crippen LogP contribution in [0.3, 0.4) is 0 Å². The minimum Gasteiger partial charge on any atom is -0.313 e. The van der Waals surface area contributed by atoms with E-state index in [1.165, 1.54) is 0 Å². The molecule has 0 bridgehead atoms. The van der Waals surface area contributed by atoms with Crippen LogP contribution in [0.25, 0.3) is 22.8 Å². The van der Waals surface area contributed by atoms with Crippen LogP contribution >= 0.6 is 0 Å². The summed E-state index contributed by atoms with van der Waals surface area (Å²) in [6.07, 6.45) is 0. The van der Waals surface area contributed by atoms with E-state index in [-0.39, 0.29) is 0 Å². The first-order valence-corrected chi connectivity index (χ1v) is 21.3. The lowest BCUT2D eigenvalue weighted by atomic mass is 10.0. The Labute approximate surface area is 336 Å². The van der Waals surface area contributed by atoms with Gasteiger partial charge in [-0.25, -0.2) is 0 Å². The molecule has 2 heterocycles. The van der Waals surface area contributed by atoms with Crippen LogP contribution in [0.1, 0.15) is 22.3 Å². The number of nitrogens with zero attached hydrogens (tertiary/aromatic N) is 4. The van der Waals surface area contributed by atoms with Crippen LogP contribution in [0, 0.1) is 0 Å². The van der Waals surface area contributed by atoms with E-state index in [0.717, 1.165) is 67.8 Å². The highest BCUT2D eigenvalue weighted by Crippen LogP contribution is 2.59. The summed E-state index contributed by atoms with van der Waals surface area (Å²) in [6, 6.07) is 88.0. The molecule has 0 aliphatic carbocycles. The largest absolute Gasteiger partial charge is 0.522 e. The fourth-order valence-corrected chi connectivity index (χ4v) is 13.9. The van der Waals surface area contributed by atoms with Gasteiger partial charge in [0.2, 0.25) is 0 Å². The van der Waals surface area contributed by atoms with Gasteiger partial charge in [0.05, 0.1) is 22.8 Å². The zero-order chi connectivity index (χ0) is 38.0. The molecule has 0 N–H and O–H groups in total. The van der Waals surface area contributed by atoms with Crippen molar-refractivity contribution in [2.45, 2.75) is 0 Å². The van der Waals surface area contributed by atoms with Crippen molar-refractivity contribution in [3.05, 3.63) is 265 Å². The third-order valence-electron chi connectivity index (χ3n) is 10.8.